The lowest BCUT2D eigenvalue weighted by molar-refractivity contribution is -0.131. The van der Waals surface area contributed by atoms with Crippen molar-refractivity contribution < 1.29 is 4.79 Å². The first-order valence-corrected chi connectivity index (χ1v) is 8.08. The highest BCUT2D eigenvalue weighted by Gasteiger charge is 2.42. The van der Waals surface area contributed by atoms with Crippen LogP contribution in [0.2, 0.25) is 4.34 Å². The summed E-state index contributed by atoms with van der Waals surface area (Å²) in [4.78, 5) is 16.0. The maximum atomic E-state index is 12.8. The Morgan fingerprint density at radius 2 is 2.05 bits per heavy atom. The topological polar surface area (TPSA) is 20.3 Å². The molecule has 0 bridgehead atoms. The standard InChI is InChI=1S/C15H22ClNOS/c1-11-6-8-15(9-7-11,17(2)3)13(18)10-12-4-5-14(16)19-12/h4-5,11H,6-10H2,1-3H3. The average molecular weight is 300 g/mol. The number of thiophene rings is 1. The van der Waals surface area contributed by atoms with Crippen LogP contribution in [0.15, 0.2) is 12.1 Å². The molecule has 1 saturated carbocycles. The van der Waals surface area contributed by atoms with Crippen molar-refractivity contribution in [1.29, 1.82) is 0 Å². The second-order valence-electron chi connectivity index (χ2n) is 5.91. The quantitative estimate of drug-likeness (QED) is 0.837. The van der Waals surface area contributed by atoms with Crippen molar-refractivity contribution in [2.45, 2.75) is 44.6 Å². The minimum absolute atomic E-state index is 0.261. The molecule has 1 aromatic heterocycles. The minimum atomic E-state index is -0.261. The van der Waals surface area contributed by atoms with Crippen molar-refractivity contribution in [2.75, 3.05) is 14.1 Å². The van der Waals surface area contributed by atoms with Crippen molar-refractivity contribution in [3.05, 3.63) is 21.3 Å². The van der Waals surface area contributed by atoms with E-state index in [1.807, 2.05) is 26.2 Å². The van der Waals surface area contributed by atoms with Gasteiger partial charge >= 0.3 is 0 Å². The Balaban J connectivity index is 2.13. The number of hydrogen-bond donors (Lipinski definition) is 0. The molecular formula is C15H22ClNOS. The molecule has 1 aliphatic carbocycles. The smallest absolute Gasteiger partial charge is 0.158 e. The highest BCUT2D eigenvalue weighted by atomic mass is 35.5. The predicted octanol–water partition coefficient (Wildman–Crippen LogP) is 4.02. The molecule has 19 heavy (non-hydrogen) atoms. The SMILES string of the molecule is CC1CCC(C(=O)Cc2ccc(Cl)s2)(N(C)C)CC1. The molecule has 0 aliphatic heterocycles. The number of Topliss-reactive ketones (excluding diaryl/α,β-unsaturated/α-hetero) is 1. The molecule has 2 nitrogen and oxygen atoms in total. The van der Waals surface area contributed by atoms with E-state index in [0.717, 1.165) is 40.8 Å². The second-order valence-corrected chi connectivity index (χ2v) is 7.71. The van der Waals surface area contributed by atoms with Crippen LogP contribution in [0.1, 0.15) is 37.5 Å². The van der Waals surface area contributed by atoms with Crippen LogP contribution in [-0.4, -0.2) is 30.3 Å². The van der Waals surface area contributed by atoms with Gasteiger partial charge < -0.3 is 0 Å². The third-order valence-electron chi connectivity index (χ3n) is 4.44. The number of ketones is 1. The van der Waals surface area contributed by atoms with Gasteiger partial charge in [0.05, 0.1) is 9.88 Å². The van der Waals surface area contributed by atoms with Gasteiger partial charge in [-0.3, -0.25) is 9.69 Å². The lowest BCUT2D eigenvalue weighted by atomic mass is 9.73. The fourth-order valence-electron chi connectivity index (χ4n) is 2.98. The summed E-state index contributed by atoms with van der Waals surface area (Å²) in [5.41, 5.74) is -0.261. The fourth-order valence-corrected chi connectivity index (χ4v) is 4.07. The van der Waals surface area contributed by atoms with Gasteiger partial charge in [-0.2, -0.15) is 0 Å². The number of nitrogens with zero attached hydrogens (tertiary/aromatic N) is 1. The summed E-state index contributed by atoms with van der Waals surface area (Å²) in [6, 6.07) is 3.85. The Morgan fingerprint density at radius 1 is 1.42 bits per heavy atom. The van der Waals surface area contributed by atoms with Crippen molar-refractivity contribution in [1.82, 2.24) is 4.90 Å². The van der Waals surface area contributed by atoms with Gasteiger partial charge in [0.1, 0.15) is 0 Å². The summed E-state index contributed by atoms with van der Waals surface area (Å²) >= 11 is 7.46. The number of carbonyl (C=O) groups excluding carboxylic acids is 1. The molecule has 0 atom stereocenters. The largest absolute Gasteiger partial charge is 0.297 e. The Bertz CT molecular complexity index is 447. The summed E-state index contributed by atoms with van der Waals surface area (Å²) in [6.07, 6.45) is 4.78. The molecule has 1 heterocycles. The average Bonchev–Trinajstić information content (AvgIpc) is 2.75. The molecule has 1 aromatic rings. The molecule has 0 aromatic carbocycles. The number of carbonyl (C=O) groups is 1. The summed E-state index contributed by atoms with van der Waals surface area (Å²) in [5, 5.41) is 0. The summed E-state index contributed by atoms with van der Waals surface area (Å²) in [5.74, 6) is 1.10. The summed E-state index contributed by atoms with van der Waals surface area (Å²) < 4.78 is 0.763. The number of likely N-dealkylation sites (N-methyl/N-ethyl adjacent to an activating group) is 1. The van der Waals surface area contributed by atoms with E-state index in [4.69, 9.17) is 11.6 Å². The molecule has 2 rings (SSSR count). The van der Waals surface area contributed by atoms with Crippen LogP contribution in [0.3, 0.4) is 0 Å². The first-order chi connectivity index (χ1) is 8.94. The second kappa shape index (κ2) is 5.94. The van der Waals surface area contributed by atoms with Gasteiger partial charge in [0.15, 0.2) is 5.78 Å². The highest BCUT2D eigenvalue weighted by molar-refractivity contribution is 7.16. The van der Waals surface area contributed by atoms with Gasteiger partial charge in [-0.25, -0.2) is 0 Å². The Morgan fingerprint density at radius 3 is 2.53 bits per heavy atom. The van der Waals surface area contributed by atoms with E-state index < -0.39 is 0 Å². The third-order valence-corrected chi connectivity index (χ3v) is 5.67. The van der Waals surface area contributed by atoms with E-state index in [0.29, 0.717) is 12.2 Å². The molecule has 0 spiro atoms. The molecular weight excluding hydrogens is 278 g/mol. The van der Waals surface area contributed by atoms with Crippen LogP contribution >= 0.6 is 22.9 Å². The van der Waals surface area contributed by atoms with E-state index in [1.165, 1.54) is 11.3 Å². The zero-order valence-corrected chi connectivity index (χ0v) is 13.5. The minimum Gasteiger partial charge on any atom is -0.297 e. The zero-order chi connectivity index (χ0) is 14.0. The van der Waals surface area contributed by atoms with Crippen molar-refractivity contribution >= 4 is 28.7 Å². The van der Waals surface area contributed by atoms with E-state index in [1.54, 1.807) is 0 Å². The van der Waals surface area contributed by atoms with Gasteiger partial charge in [0.2, 0.25) is 0 Å². The van der Waals surface area contributed by atoms with Crippen molar-refractivity contribution in [3.8, 4) is 0 Å². The molecule has 1 fully saturated rings. The summed E-state index contributed by atoms with van der Waals surface area (Å²) in [7, 11) is 4.07. The number of rotatable bonds is 4. The molecule has 0 radical (unpaired) electrons. The monoisotopic (exact) mass is 299 g/mol. The molecule has 0 unspecified atom stereocenters. The Hall–Kier alpha value is -0.380. The maximum Gasteiger partial charge on any atom is 0.158 e. The van der Waals surface area contributed by atoms with Gasteiger partial charge in [-0.05, 0) is 57.8 Å². The zero-order valence-electron chi connectivity index (χ0n) is 11.9. The third kappa shape index (κ3) is 3.21. The van der Waals surface area contributed by atoms with Gasteiger partial charge in [-0.1, -0.05) is 18.5 Å². The lowest BCUT2D eigenvalue weighted by Gasteiger charge is -2.43. The van der Waals surface area contributed by atoms with E-state index in [-0.39, 0.29) is 5.54 Å². The first-order valence-electron chi connectivity index (χ1n) is 6.89. The van der Waals surface area contributed by atoms with Crippen LogP contribution in [0, 0.1) is 5.92 Å². The fraction of sp³-hybridized carbons (Fsp3) is 0.667. The Labute approximate surface area is 124 Å². The maximum absolute atomic E-state index is 12.8. The molecule has 1 aliphatic rings. The van der Waals surface area contributed by atoms with Crippen LogP contribution in [0.25, 0.3) is 0 Å². The normalized spacial score (nSPS) is 27.7. The van der Waals surface area contributed by atoms with Crippen LogP contribution in [-0.2, 0) is 11.2 Å². The predicted molar refractivity (Wildman–Crippen MR) is 82.1 cm³/mol. The van der Waals surface area contributed by atoms with E-state index in [9.17, 15) is 4.79 Å². The van der Waals surface area contributed by atoms with Gasteiger partial charge in [0.25, 0.3) is 0 Å². The summed E-state index contributed by atoms with van der Waals surface area (Å²) in [6.45, 7) is 2.28. The van der Waals surface area contributed by atoms with Crippen molar-refractivity contribution in [2.24, 2.45) is 5.92 Å². The first kappa shape index (κ1) is 15.0. The Kier molecular flexibility index (Phi) is 4.70. The van der Waals surface area contributed by atoms with Gasteiger partial charge in [0, 0.05) is 11.3 Å². The molecule has 106 valence electrons. The lowest BCUT2D eigenvalue weighted by Crippen LogP contribution is -2.53. The van der Waals surface area contributed by atoms with Crippen LogP contribution in [0.4, 0.5) is 0 Å². The molecule has 0 N–H and O–H groups in total. The van der Waals surface area contributed by atoms with Crippen molar-refractivity contribution in [3.63, 3.8) is 0 Å². The molecule has 0 amide bonds. The molecule has 0 saturated heterocycles. The molecule has 4 heteroatoms. The van der Waals surface area contributed by atoms with Crippen LogP contribution < -0.4 is 0 Å². The number of hydrogen-bond acceptors (Lipinski definition) is 3. The number of halogens is 1. The highest BCUT2D eigenvalue weighted by Crippen LogP contribution is 2.37. The van der Waals surface area contributed by atoms with E-state index in [2.05, 4.69) is 11.8 Å². The van der Waals surface area contributed by atoms with Crippen LogP contribution in [0.5, 0.6) is 0 Å². The van der Waals surface area contributed by atoms with E-state index >= 15 is 0 Å². The van der Waals surface area contributed by atoms with Gasteiger partial charge in [-0.15, -0.1) is 11.3 Å².